The van der Waals surface area contributed by atoms with Gasteiger partial charge in [0, 0.05) is 21.7 Å². The predicted octanol–water partition coefficient (Wildman–Crippen LogP) is 7.36. The lowest BCUT2D eigenvalue weighted by Gasteiger charge is -2.14. The quantitative estimate of drug-likeness (QED) is 0.316. The van der Waals surface area contributed by atoms with Gasteiger partial charge in [-0.1, -0.05) is 53.5 Å². The van der Waals surface area contributed by atoms with Crippen LogP contribution in [0.4, 0.5) is 13.2 Å². The van der Waals surface area contributed by atoms with Crippen molar-refractivity contribution >= 4 is 34.2 Å². The van der Waals surface area contributed by atoms with Crippen LogP contribution in [0, 0.1) is 0 Å². The van der Waals surface area contributed by atoms with Crippen LogP contribution in [-0.4, -0.2) is 0 Å². The van der Waals surface area contributed by atoms with Gasteiger partial charge in [0.25, 0.3) is 0 Å². The maximum absolute atomic E-state index is 13.7. The zero-order valence-electron chi connectivity index (χ0n) is 15.7. The normalized spacial score (nSPS) is 11.6. The van der Waals surface area contributed by atoms with Gasteiger partial charge >= 0.3 is 6.18 Å². The molecular formula is C23H13Cl2F3O3. The van der Waals surface area contributed by atoms with E-state index in [0.29, 0.717) is 15.6 Å². The lowest BCUT2D eigenvalue weighted by atomic mass is 10.0. The molecule has 0 N–H and O–H groups in total. The molecule has 0 spiro atoms. The standard InChI is InChI=1S/C23H13Cl2F3O3/c24-15-7-5-13(6-8-15)20-21(29)17-10-9-16(11-19(17)31-22(20)23(26,27)28)30-12-14-3-1-2-4-18(14)25/h1-11H,12H2. The number of ether oxygens (including phenoxy) is 1. The summed E-state index contributed by atoms with van der Waals surface area (Å²) in [4.78, 5) is 13.0. The largest absolute Gasteiger partial charge is 0.489 e. The molecule has 0 unspecified atom stereocenters. The van der Waals surface area contributed by atoms with Crippen molar-refractivity contribution < 1.29 is 22.3 Å². The van der Waals surface area contributed by atoms with Crippen molar-refractivity contribution in [3.63, 3.8) is 0 Å². The molecule has 1 heterocycles. The molecule has 0 aliphatic rings. The topological polar surface area (TPSA) is 39.4 Å². The second-order valence-electron chi connectivity index (χ2n) is 6.68. The van der Waals surface area contributed by atoms with Crippen LogP contribution < -0.4 is 10.2 Å². The fraction of sp³-hybridized carbons (Fsp3) is 0.0870. The monoisotopic (exact) mass is 464 g/mol. The lowest BCUT2D eigenvalue weighted by Crippen LogP contribution is -2.16. The highest BCUT2D eigenvalue weighted by atomic mass is 35.5. The maximum atomic E-state index is 13.7. The van der Waals surface area contributed by atoms with E-state index in [-0.39, 0.29) is 28.9 Å². The highest BCUT2D eigenvalue weighted by molar-refractivity contribution is 6.31. The van der Waals surface area contributed by atoms with Crippen molar-refractivity contribution in [1.29, 1.82) is 0 Å². The minimum atomic E-state index is -4.88. The van der Waals surface area contributed by atoms with Crippen LogP contribution in [0.15, 0.2) is 75.9 Å². The van der Waals surface area contributed by atoms with Crippen LogP contribution >= 0.6 is 23.2 Å². The van der Waals surface area contributed by atoms with Gasteiger partial charge in [0.15, 0.2) is 0 Å². The molecular weight excluding hydrogens is 452 g/mol. The molecule has 0 saturated heterocycles. The fourth-order valence-corrected chi connectivity index (χ4v) is 3.43. The number of benzene rings is 3. The summed E-state index contributed by atoms with van der Waals surface area (Å²) in [5, 5.41) is 0.840. The molecule has 158 valence electrons. The molecule has 0 aliphatic carbocycles. The third kappa shape index (κ3) is 4.40. The van der Waals surface area contributed by atoms with E-state index in [4.69, 9.17) is 32.4 Å². The van der Waals surface area contributed by atoms with Crippen LogP contribution in [0.3, 0.4) is 0 Å². The molecule has 0 atom stereocenters. The Labute approximate surface area is 184 Å². The zero-order valence-corrected chi connectivity index (χ0v) is 17.2. The molecule has 31 heavy (non-hydrogen) atoms. The Balaban J connectivity index is 1.80. The molecule has 1 aromatic heterocycles. The third-order valence-corrected chi connectivity index (χ3v) is 5.23. The van der Waals surface area contributed by atoms with Crippen LogP contribution in [0.1, 0.15) is 11.3 Å². The van der Waals surface area contributed by atoms with Crippen molar-refractivity contribution in [3.05, 3.63) is 98.3 Å². The van der Waals surface area contributed by atoms with E-state index in [1.54, 1.807) is 24.3 Å². The predicted molar refractivity (Wildman–Crippen MR) is 114 cm³/mol. The molecule has 0 fully saturated rings. The van der Waals surface area contributed by atoms with E-state index in [9.17, 15) is 18.0 Å². The van der Waals surface area contributed by atoms with Crippen molar-refractivity contribution in [3.8, 4) is 16.9 Å². The minimum absolute atomic E-state index is 0.00282. The number of alkyl halides is 3. The number of rotatable bonds is 4. The summed E-state index contributed by atoms with van der Waals surface area (Å²) in [6, 6.07) is 16.7. The zero-order chi connectivity index (χ0) is 22.2. The first kappa shape index (κ1) is 21.3. The summed E-state index contributed by atoms with van der Waals surface area (Å²) in [6.07, 6.45) is -4.88. The van der Waals surface area contributed by atoms with Crippen molar-refractivity contribution in [2.45, 2.75) is 12.8 Å². The van der Waals surface area contributed by atoms with Gasteiger partial charge in [-0.15, -0.1) is 0 Å². The van der Waals surface area contributed by atoms with Gasteiger partial charge in [-0.25, -0.2) is 0 Å². The second kappa shape index (κ2) is 8.29. The van der Waals surface area contributed by atoms with Gasteiger partial charge in [-0.3, -0.25) is 4.79 Å². The van der Waals surface area contributed by atoms with Crippen LogP contribution in [0.2, 0.25) is 10.0 Å². The van der Waals surface area contributed by atoms with Crippen molar-refractivity contribution in [2.24, 2.45) is 0 Å². The number of hydrogen-bond donors (Lipinski definition) is 0. The van der Waals surface area contributed by atoms with E-state index in [0.717, 1.165) is 0 Å². The first-order valence-corrected chi connectivity index (χ1v) is 9.80. The highest BCUT2D eigenvalue weighted by Crippen LogP contribution is 2.38. The Hall–Kier alpha value is -2.96. The van der Waals surface area contributed by atoms with Gasteiger partial charge in [0.1, 0.15) is 17.9 Å². The summed E-state index contributed by atoms with van der Waals surface area (Å²) in [6.45, 7) is 0.102. The van der Waals surface area contributed by atoms with E-state index < -0.39 is 22.9 Å². The molecule has 0 amide bonds. The Morgan fingerprint density at radius 3 is 2.32 bits per heavy atom. The highest BCUT2D eigenvalue weighted by Gasteiger charge is 2.39. The summed E-state index contributed by atoms with van der Waals surface area (Å²) >= 11 is 11.9. The Kier molecular flexibility index (Phi) is 5.69. The molecule has 0 radical (unpaired) electrons. The molecule has 4 rings (SSSR count). The van der Waals surface area contributed by atoms with Gasteiger partial charge in [-0.2, -0.15) is 13.2 Å². The first-order valence-electron chi connectivity index (χ1n) is 9.04. The SMILES string of the molecule is O=c1c(-c2ccc(Cl)cc2)c(C(F)(F)F)oc2cc(OCc3ccccc3Cl)ccc12. The molecule has 3 aromatic carbocycles. The summed E-state index contributed by atoms with van der Waals surface area (Å²) in [5.41, 5.74) is -0.826. The summed E-state index contributed by atoms with van der Waals surface area (Å²) in [7, 11) is 0. The smallest absolute Gasteiger partial charge is 0.450 e. The third-order valence-electron chi connectivity index (χ3n) is 4.61. The molecule has 0 saturated carbocycles. The molecule has 0 aliphatic heterocycles. The second-order valence-corrected chi connectivity index (χ2v) is 7.52. The lowest BCUT2D eigenvalue weighted by molar-refractivity contribution is -0.152. The minimum Gasteiger partial charge on any atom is -0.489 e. The molecule has 8 heteroatoms. The molecule has 4 aromatic rings. The Bertz CT molecular complexity index is 1310. The summed E-state index contributed by atoms with van der Waals surface area (Å²) in [5.74, 6) is -1.14. The van der Waals surface area contributed by atoms with Crippen molar-refractivity contribution in [1.82, 2.24) is 0 Å². The maximum Gasteiger partial charge on any atom is 0.450 e. The summed E-state index contributed by atoms with van der Waals surface area (Å²) < 4.78 is 52.0. The fourth-order valence-electron chi connectivity index (χ4n) is 3.12. The Morgan fingerprint density at radius 1 is 0.935 bits per heavy atom. The van der Waals surface area contributed by atoms with Crippen LogP contribution in [0.5, 0.6) is 5.75 Å². The van der Waals surface area contributed by atoms with Gasteiger partial charge in [-0.05, 0) is 35.9 Å². The molecule has 0 bridgehead atoms. The average Bonchev–Trinajstić information content (AvgIpc) is 2.73. The number of halogens is 5. The van der Waals surface area contributed by atoms with E-state index in [1.165, 1.54) is 42.5 Å². The van der Waals surface area contributed by atoms with Gasteiger partial charge in [0.05, 0.1) is 10.9 Å². The first-order chi connectivity index (χ1) is 14.7. The van der Waals surface area contributed by atoms with Crippen molar-refractivity contribution in [2.75, 3.05) is 0 Å². The Morgan fingerprint density at radius 2 is 1.65 bits per heavy atom. The average molecular weight is 465 g/mol. The van der Waals surface area contributed by atoms with E-state index in [1.807, 2.05) is 0 Å². The molecule has 3 nitrogen and oxygen atoms in total. The number of fused-ring (bicyclic) bond motifs is 1. The van der Waals surface area contributed by atoms with E-state index >= 15 is 0 Å². The van der Waals surface area contributed by atoms with E-state index in [2.05, 4.69) is 0 Å². The van der Waals surface area contributed by atoms with Crippen LogP contribution in [0.25, 0.3) is 22.1 Å². The van der Waals surface area contributed by atoms with Gasteiger partial charge in [0.2, 0.25) is 11.2 Å². The van der Waals surface area contributed by atoms with Gasteiger partial charge < -0.3 is 9.15 Å². The van der Waals surface area contributed by atoms with Crippen LogP contribution in [-0.2, 0) is 12.8 Å². The number of hydrogen-bond acceptors (Lipinski definition) is 3.